The maximum Gasteiger partial charge on any atom is 0.191 e. The van der Waals surface area contributed by atoms with Gasteiger partial charge in [-0.2, -0.15) is 0 Å². The van der Waals surface area contributed by atoms with Crippen LogP contribution in [0, 0.1) is 5.92 Å². The molecule has 2 atom stereocenters. The Morgan fingerprint density at radius 2 is 2.00 bits per heavy atom. The molecule has 0 aromatic heterocycles. The first-order chi connectivity index (χ1) is 10.9. The predicted octanol–water partition coefficient (Wildman–Crippen LogP) is 3.47. The second kappa shape index (κ2) is 7.82. The number of rotatable bonds is 6. The molecule has 1 aromatic rings. The third-order valence-corrected chi connectivity index (χ3v) is 3.86. The first kappa shape index (κ1) is 17.8. The molecular weight excluding hydrogens is 286 g/mol. The number of aliphatic imine (C=N–C) groups is 1. The summed E-state index contributed by atoms with van der Waals surface area (Å²) in [5, 5.41) is 6.80. The van der Waals surface area contributed by atoms with Crippen molar-refractivity contribution in [3.63, 3.8) is 0 Å². The van der Waals surface area contributed by atoms with E-state index in [4.69, 9.17) is 9.73 Å². The van der Waals surface area contributed by atoms with Gasteiger partial charge in [0, 0.05) is 12.6 Å². The van der Waals surface area contributed by atoms with Crippen molar-refractivity contribution < 1.29 is 4.74 Å². The predicted molar refractivity (Wildman–Crippen MR) is 96.5 cm³/mol. The molecule has 0 heterocycles. The smallest absolute Gasteiger partial charge is 0.191 e. The van der Waals surface area contributed by atoms with E-state index in [-0.39, 0.29) is 5.60 Å². The Balaban J connectivity index is 1.93. The summed E-state index contributed by atoms with van der Waals surface area (Å²) in [5.41, 5.74) is 2.29. The molecule has 128 valence electrons. The quantitative estimate of drug-likeness (QED) is 0.624. The molecule has 0 bridgehead atoms. The standard InChI is InChI=1S/C19H31N3O/c1-6-20-18(22-17-10-14(17)2)21-12-15-8-7-9-16(11-15)13-23-19(3,4)5/h7-9,11,14,17H,6,10,12-13H2,1-5H3,(H2,20,21,22). The molecule has 2 N–H and O–H groups in total. The summed E-state index contributed by atoms with van der Waals surface area (Å²) in [7, 11) is 0. The maximum absolute atomic E-state index is 5.85. The minimum atomic E-state index is -0.114. The second-order valence-electron chi connectivity index (χ2n) is 7.38. The van der Waals surface area contributed by atoms with Gasteiger partial charge in [0.15, 0.2) is 5.96 Å². The number of hydrogen-bond acceptors (Lipinski definition) is 2. The zero-order chi connectivity index (χ0) is 16.9. The zero-order valence-electron chi connectivity index (χ0n) is 15.1. The first-order valence-electron chi connectivity index (χ1n) is 8.64. The summed E-state index contributed by atoms with van der Waals surface area (Å²) < 4.78 is 5.85. The molecule has 2 unspecified atom stereocenters. The Hall–Kier alpha value is -1.55. The average Bonchev–Trinajstić information content (AvgIpc) is 3.18. The third-order valence-electron chi connectivity index (χ3n) is 3.86. The fraction of sp³-hybridized carbons (Fsp3) is 0.632. The highest BCUT2D eigenvalue weighted by Gasteiger charge is 2.33. The number of guanidine groups is 1. The Kier molecular flexibility index (Phi) is 6.05. The zero-order valence-corrected chi connectivity index (χ0v) is 15.1. The van der Waals surface area contributed by atoms with Gasteiger partial charge in [0.05, 0.1) is 18.8 Å². The average molecular weight is 317 g/mol. The molecule has 1 saturated carbocycles. The molecule has 0 saturated heterocycles. The van der Waals surface area contributed by atoms with E-state index in [1.807, 2.05) is 0 Å². The second-order valence-corrected chi connectivity index (χ2v) is 7.38. The molecule has 0 spiro atoms. The van der Waals surface area contributed by atoms with Crippen LogP contribution in [0.2, 0.25) is 0 Å². The number of nitrogens with zero attached hydrogens (tertiary/aromatic N) is 1. The molecule has 1 aliphatic rings. The molecule has 4 heteroatoms. The van der Waals surface area contributed by atoms with Crippen molar-refractivity contribution in [1.82, 2.24) is 10.6 Å². The van der Waals surface area contributed by atoms with Crippen LogP contribution in [-0.4, -0.2) is 24.1 Å². The minimum Gasteiger partial charge on any atom is -0.371 e. The van der Waals surface area contributed by atoms with Gasteiger partial charge in [-0.3, -0.25) is 0 Å². The van der Waals surface area contributed by atoms with Crippen LogP contribution in [0.1, 0.15) is 52.2 Å². The summed E-state index contributed by atoms with van der Waals surface area (Å²) in [6.45, 7) is 12.8. The van der Waals surface area contributed by atoms with E-state index in [1.54, 1.807) is 0 Å². The van der Waals surface area contributed by atoms with E-state index >= 15 is 0 Å². The monoisotopic (exact) mass is 317 g/mol. The highest BCUT2D eigenvalue weighted by atomic mass is 16.5. The summed E-state index contributed by atoms with van der Waals surface area (Å²) in [6, 6.07) is 9.06. The van der Waals surface area contributed by atoms with Crippen molar-refractivity contribution >= 4 is 5.96 Å². The summed E-state index contributed by atoms with van der Waals surface area (Å²) in [6.07, 6.45) is 1.24. The number of benzene rings is 1. The van der Waals surface area contributed by atoms with Gasteiger partial charge in [-0.25, -0.2) is 4.99 Å². The summed E-state index contributed by atoms with van der Waals surface area (Å²) in [4.78, 5) is 4.70. The fourth-order valence-corrected chi connectivity index (χ4v) is 2.31. The van der Waals surface area contributed by atoms with Crippen LogP contribution in [0.5, 0.6) is 0 Å². The van der Waals surface area contributed by atoms with Crippen molar-refractivity contribution in [3.05, 3.63) is 35.4 Å². The van der Waals surface area contributed by atoms with E-state index in [1.165, 1.54) is 17.5 Å². The van der Waals surface area contributed by atoms with Crippen LogP contribution in [-0.2, 0) is 17.9 Å². The van der Waals surface area contributed by atoms with Gasteiger partial charge in [-0.05, 0) is 51.2 Å². The normalized spacial score (nSPS) is 21.2. The molecule has 23 heavy (non-hydrogen) atoms. The van der Waals surface area contributed by atoms with Gasteiger partial charge in [-0.1, -0.05) is 31.2 Å². The van der Waals surface area contributed by atoms with Crippen molar-refractivity contribution in [2.24, 2.45) is 10.9 Å². The fourth-order valence-electron chi connectivity index (χ4n) is 2.31. The Morgan fingerprint density at radius 1 is 1.30 bits per heavy atom. The van der Waals surface area contributed by atoms with Crippen molar-refractivity contribution in [3.8, 4) is 0 Å². The topological polar surface area (TPSA) is 45.7 Å². The van der Waals surface area contributed by atoms with Crippen LogP contribution in [0.25, 0.3) is 0 Å². The van der Waals surface area contributed by atoms with Crippen molar-refractivity contribution in [1.29, 1.82) is 0 Å². The molecule has 0 aliphatic heterocycles. The van der Waals surface area contributed by atoms with E-state index in [2.05, 4.69) is 69.5 Å². The van der Waals surface area contributed by atoms with Gasteiger partial charge in [0.25, 0.3) is 0 Å². The van der Waals surface area contributed by atoms with Gasteiger partial charge < -0.3 is 15.4 Å². The summed E-state index contributed by atoms with van der Waals surface area (Å²) in [5.74, 6) is 1.68. The largest absolute Gasteiger partial charge is 0.371 e. The van der Waals surface area contributed by atoms with E-state index in [9.17, 15) is 0 Å². The molecule has 2 rings (SSSR count). The molecule has 1 aliphatic carbocycles. The van der Waals surface area contributed by atoms with Crippen LogP contribution >= 0.6 is 0 Å². The van der Waals surface area contributed by atoms with E-state index < -0.39 is 0 Å². The first-order valence-corrected chi connectivity index (χ1v) is 8.64. The number of ether oxygens (including phenoxy) is 1. The van der Waals surface area contributed by atoms with Crippen LogP contribution in [0.4, 0.5) is 0 Å². The minimum absolute atomic E-state index is 0.114. The van der Waals surface area contributed by atoms with Gasteiger partial charge in [0.1, 0.15) is 0 Å². The summed E-state index contributed by atoms with van der Waals surface area (Å²) >= 11 is 0. The van der Waals surface area contributed by atoms with Crippen molar-refractivity contribution in [2.45, 2.75) is 65.8 Å². The van der Waals surface area contributed by atoms with E-state index in [0.29, 0.717) is 19.2 Å². The van der Waals surface area contributed by atoms with Crippen LogP contribution in [0.15, 0.2) is 29.3 Å². The Bertz CT molecular complexity index is 534. The SMILES string of the molecule is CCNC(=NCc1cccc(COC(C)(C)C)c1)NC1CC1C. The lowest BCUT2D eigenvalue weighted by Gasteiger charge is -2.19. The highest BCUT2D eigenvalue weighted by Crippen LogP contribution is 2.28. The molecular formula is C19H31N3O. The lowest BCUT2D eigenvalue weighted by molar-refractivity contribution is -0.0149. The number of hydrogen-bond donors (Lipinski definition) is 2. The molecule has 1 aromatic carbocycles. The third kappa shape index (κ3) is 6.61. The maximum atomic E-state index is 5.85. The van der Waals surface area contributed by atoms with Gasteiger partial charge in [0.2, 0.25) is 0 Å². The molecule has 0 radical (unpaired) electrons. The van der Waals surface area contributed by atoms with Crippen LogP contribution in [0.3, 0.4) is 0 Å². The van der Waals surface area contributed by atoms with Gasteiger partial charge >= 0.3 is 0 Å². The highest BCUT2D eigenvalue weighted by molar-refractivity contribution is 5.80. The van der Waals surface area contributed by atoms with E-state index in [0.717, 1.165) is 18.4 Å². The van der Waals surface area contributed by atoms with Crippen LogP contribution < -0.4 is 10.6 Å². The van der Waals surface area contributed by atoms with Gasteiger partial charge in [-0.15, -0.1) is 0 Å². The molecule has 1 fully saturated rings. The lowest BCUT2D eigenvalue weighted by atomic mass is 10.1. The van der Waals surface area contributed by atoms with Crippen molar-refractivity contribution in [2.75, 3.05) is 6.54 Å². The molecule has 0 amide bonds. The Morgan fingerprint density at radius 3 is 2.61 bits per heavy atom. The molecule has 4 nitrogen and oxygen atoms in total. The lowest BCUT2D eigenvalue weighted by Crippen LogP contribution is -2.39. The Labute approximate surface area is 140 Å². The number of nitrogens with one attached hydrogen (secondary N) is 2.